The van der Waals surface area contributed by atoms with E-state index in [-0.39, 0.29) is 22.2 Å². The van der Waals surface area contributed by atoms with E-state index in [0.29, 0.717) is 5.56 Å². The predicted octanol–water partition coefficient (Wildman–Crippen LogP) is 2.86. The number of rotatable bonds is 5. The van der Waals surface area contributed by atoms with Gasteiger partial charge in [-0.25, -0.2) is 0 Å². The molecular weight excluding hydrogens is 395 g/mol. The largest absolute Gasteiger partial charge is 0.484 e. The van der Waals surface area contributed by atoms with Crippen molar-refractivity contribution >= 4 is 17.3 Å². The zero-order chi connectivity index (χ0) is 21.2. The molecule has 1 amide bonds. The molecule has 0 saturated heterocycles. The van der Waals surface area contributed by atoms with E-state index in [9.17, 15) is 33.2 Å². The number of alkyl halides is 3. The van der Waals surface area contributed by atoms with Crippen molar-refractivity contribution in [2.45, 2.75) is 18.3 Å². The van der Waals surface area contributed by atoms with E-state index in [4.69, 9.17) is 4.74 Å². The summed E-state index contributed by atoms with van der Waals surface area (Å²) in [5.74, 6) is -1.19. The summed E-state index contributed by atoms with van der Waals surface area (Å²) in [7, 11) is 0. The maximum atomic E-state index is 13.5. The molecule has 1 aliphatic rings. The van der Waals surface area contributed by atoms with Crippen LogP contribution in [0.4, 0.5) is 18.9 Å². The molecular formula is C18H14F3N3O5. The van der Waals surface area contributed by atoms with Crippen LogP contribution < -0.4 is 4.74 Å². The molecule has 2 aromatic carbocycles. The second-order valence-corrected chi connectivity index (χ2v) is 6.15. The Morgan fingerprint density at radius 2 is 1.83 bits per heavy atom. The third-order valence-electron chi connectivity index (χ3n) is 4.19. The second-order valence-electron chi connectivity index (χ2n) is 6.15. The smallest absolute Gasteiger partial charge is 0.438 e. The monoisotopic (exact) mass is 409 g/mol. The fraction of sp³-hybridized carbons (Fsp3) is 0.222. The van der Waals surface area contributed by atoms with E-state index in [0.717, 1.165) is 12.1 Å². The van der Waals surface area contributed by atoms with Gasteiger partial charge in [0.05, 0.1) is 17.1 Å². The lowest BCUT2D eigenvalue weighted by Gasteiger charge is -2.32. The highest BCUT2D eigenvalue weighted by Crippen LogP contribution is 2.41. The first-order valence-electron chi connectivity index (χ1n) is 8.24. The van der Waals surface area contributed by atoms with Crippen LogP contribution in [0.1, 0.15) is 12.0 Å². The second kappa shape index (κ2) is 7.51. The van der Waals surface area contributed by atoms with Crippen molar-refractivity contribution in [1.82, 2.24) is 5.01 Å². The fourth-order valence-electron chi connectivity index (χ4n) is 2.69. The molecule has 0 bridgehead atoms. The van der Waals surface area contributed by atoms with Crippen molar-refractivity contribution in [3.8, 4) is 5.75 Å². The van der Waals surface area contributed by atoms with Gasteiger partial charge >= 0.3 is 6.18 Å². The molecule has 0 saturated carbocycles. The Morgan fingerprint density at radius 3 is 2.38 bits per heavy atom. The number of nitro groups is 1. The maximum Gasteiger partial charge on any atom is 0.438 e. The van der Waals surface area contributed by atoms with Gasteiger partial charge in [0.1, 0.15) is 5.75 Å². The number of hydrogen-bond acceptors (Lipinski definition) is 6. The Morgan fingerprint density at radius 1 is 1.21 bits per heavy atom. The van der Waals surface area contributed by atoms with Crippen LogP contribution in [0.5, 0.6) is 5.75 Å². The van der Waals surface area contributed by atoms with Crippen molar-refractivity contribution in [3.63, 3.8) is 0 Å². The minimum atomic E-state index is -5.16. The van der Waals surface area contributed by atoms with Crippen LogP contribution in [0.15, 0.2) is 59.7 Å². The first kappa shape index (κ1) is 20.3. The van der Waals surface area contributed by atoms with Gasteiger partial charge in [0.15, 0.2) is 6.61 Å². The SMILES string of the molecule is O=C(COc1ccc([N+](=O)[O-])cc1)N1N=C(c2ccccc2)C[C@]1(O)C(F)(F)F. The molecule has 3 rings (SSSR count). The van der Waals surface area contributed by atoms with E-state index >= 15 is 0 Å². The zero-order valence-corrected chi connectivity index (χ0v) is 14.7. The number of nitrogens with zero attached hydrogens (tertiary/aromatic N) is 3. The molecule has 1 N–H and O–H groups in total. The molecule has 1 aliphatic heterocycles. The minimum absolute atomic E-state index is 0.0271. The Bertz CT molecular complexity index is 947. The zero-order valence-electron chi connectivity index (χ0n) is 14.7. The number of non-ortho nitro benzene ring substituents is 1. The molecule has 11 heteroatoms. The maximum absolute atomic E-state index is 13.5. The highest BCUT2D eigenvalue weighted by molar-refractivity contribution is 6.03. The van der Waals surface area contributed by atoms with Crippen LogP contribution >= 0.6 is 0 Å². The average molecular weight is 409 g/mol. The highest BCUT2D eigenvalue weighted by Gasteiger charge is 2.63. The van der Waals surface area contributed by atoms with Crippen LogP contribution in [0.3, 0.4) is 0 Å². The fourth-order valence-corrected chi connectivity index (χ4v) is 2.69. The van der Waals surface area contributed by atoms with Gasteiger partial charge in [0, 0.05) is 12.1 Å². The lowest BCUT2D eigenvalue weighted by atomic mass is 10.0. The van der Waals surface area contributed by atoms with E-state index < -0.39 is 35.8 Å². The van der Waals surface area contributed by atoms with Crippen molar-refractivity contribution < 1.29 is 32.7 Å². The average Bonchev–Trinajstić information content (AvgIpc) is 3.06. The number of carbonyl (C=O) groups excluding carboxylic acids is 1. The number of benzene rings is 2. The van der Waals surface area contributed by atoms with Gasteiger partial charge in [-0.15, -0.1) is 0 Å². The molecule has 1 atom stereocenters. The number of carbonyl (C=O) groups is 1. The summed E-state index contributed by atoms with van der Waals surface area (Å²) in [6, 6.07) is 12.5. The quantitative estimate of drug-likeness (QED) is 0.604. The first-order chi connectivity index (χ1) is 13.6. The van der Waals surface area contributed by atoms with Crippen LogP contribution in [0, 0.1) is 10.1 Å². The Labute approximate surface area is 162 Å². The number of aliphatic hydroxyl groups is 1. The summed E-state index contributed by atoms with van der Waals surface area (Å²) in [6.07, 6.45) is -6.08. The third-order valence-corrected chi connectivity index (χ3v) is 4.19. The van der Waals surface area contributed by atoms with Crippen molar-refractivity contribution in [3.05, 3.63) is 70.3 Å². The molecule has 0 spiro atoms. The van der Waals surface area contributed by atoms with Gasteiger partial charge in [0.25, 0.3) is 17.3 Å². The number of halogens is 3. The summed E-state index contributed by atoms with van der Waals surface area (Å²) in [5, 5.41) is 24.5. The topological polar surface area (TPSA) is 105 Å². The number of amides is 1. The van der Waals surface area contributed by atoms with Crippen molar-refractivity contribution in [2.75, 3.05) is 6.61 Å². The normalized spacial score (nSPS) is 19.0. The molecule has 1 heterocycles. The van der Waals surface area contributed by atoms with E-state index in [1.807, 2.05) is 0 Å². The summed E-state index contributed by atoms with van der Waals surface area (Å²) >= 11 is 0. The molecule has 8 nitrogen and oxygen atoms in total. The van der Waals surface area contributed by atoms with Gasteiger partial charge in [0.2, 0.25) is 0 Å². The standard InChI is InChI=1S/C18H14F3N3O5/c19-18(20,21)17(26)10-15(12-4-2-1-3-5-12)22-23(17)16(25)11-29-14-8-6-13(7-9-14)24(27)28/h1-9,26H,10-11H2/t17-/m0/s1. The first-order valence-corrected chi connectivity index (χ1v) is 8.24. The Kier molecular flexibility index (Phi) is 5.25. The third kappa shape index (κ3) is 4.04. The van der Waals surface area contributed by atoms with Crippen LogP contribution in [0.2, 0.25) is 0 Å². The summed E-state index contributed by atoms with van der Waals surface area (Å²) in [6.45, 7) is -0.859. The molecule has 29 heavy (non-hydrogen) atoms. The molecule has 0 unspecified atom stereocenters. The van der Waals surface area contributed by atoms with Gasteiger partial charge in [-0.3, -0.25) is 14.9 Å². The molecule has 0 fully saturated rings. The van der Waals surface area contributed by atoms with E-state index in [2.05, 4.69) is 5.10 Å². The van der Waals surface area contributed by atoms with Gasteiger partial charge in [-0.05, 0) is 17.7 Å². The molecule has 0 aliphatic carbocycles. The van der Waals surface area contributed by atoms with E-state index in [1.54, 1.807) is 18.2 Å². The van der Waals surface area contributed by atoms with Gasteiger partial charge < -0.3 is 9.84 Å². The van der Waals surface area contributed by atoms with Gasteiger partial charge in [-0.1, -0.05) is 30.3 Å². The van der Waals surface area contributed by atoms with E-state index in [1.165, 1.54) is 24.3 Å². The summed E-state index contributed by atoms with van der Waals surface area (Å²) in [4.78, 5) is 22.3. The van der Waals surface area contributed by atoms with Crippen LogP contribution in [-0.2, 0) is 4.79 Å². The molecule has 152 valence electrons. The number of hydrogen-bond donors (Lipinski definition) is 1. The summed E-state index contributed by atoms with van der Waals surface area (Å²) in [5.41, 5.74) is -3.49. The molecule has 0 radical (unpaired) electrons. The lowest BCUT2D eigenvalue weighted by Crippen LogP contribution is -2.57. The van der Waals surface area contributed by atoms with Gasteiger partial charge in [-0.2, -0.15) is 23.3 Å². The Balaban J connectivity index is 1.80. The highest BCUT2D eigenvalue weighted by atomic mass is 19.4. The van der Waals surface area contributed by atoms with Crippen molar-refractivity contribution in [1.29, 1.82) is 0 Å². The number of hydrazone groups is 1. The van der Waals surface area contributed by atoms with Crippen LogP contribution in [0.25, 0.3) is 0 Å². The predicted molar refractivity (Wildman–Crippen MR) is 94.0 cm³/mol. The summed E-state index contributed by atoms with van der Waals surface area (Å²) < 4.78 is 45.6. The minimum Gasteiger partial charge on any atom is -0.484 e. The Hall–Kier alpha value is -3.47. The molecule has 2 aromatic rings. The number of nitro benzene ring substituents is 1. The van der Waals surface area contributed by atoms with Crippen LogP contribution in [-0.4, -0.2) is 45.2 Å². The van der Waals surface area contributed by atoms with Crippen molar-refractivity contribution in [2.24, 2.45) is 5.10 Å². The number of ether oxygens (including phenoxy) is 1. The molecule has 0 aromatic heterocycles. The lowest BCUT2D eigenvalue weighted by molar-refractivity contribution is -0.384.